The number of carbonyl (C=O) groups is 1. The molecule has 0 fully saturated rings. The van der Waals surface area contributed by atoms with Crippen molar-refractivity contribution in [2.24, 2.45) is 0 Å². The standard InChI is InChI=1S/C19H22N4O2S/c1-26-12-9-15(14-24)21-18(25)17-13-20-23(16-7-3-2-4-8-16)19(17)22-10-5-6-11-22/h2-8,10-11,13,15,24H,9,12,14H2,1H3,(H,21,25)/t15-/m0/s1. The second-order valence-electron chi connectivity index (χ2n) is 5.85. The van der Waals surface area contributed by atoms with Crippen LogP contribution in [0.5, 0.6) is 0 Å². The van der Waals surface area contributed by atoms with E-state index in [4.69, 9.17) is 0 Å². The molecule has 0 aliphatic rings. The van der Waals surface area contributed by atoms with E-state index in [9.17, 15) is 9.90 Å². The van der Waals surface area contributed by atoms with Crippen molar-refractivity contribution >= 4 is 17.7 Å². The van der Waals surface area contributed by atoms with Crippen LogP contribution in [-0.4, -0.2) is 50.0 Å². The summed E-state index contributed by atoms with van der Waals surface area (Å²) in [6.07, 6.45) is 8.05. The number of thioether (sulfide) groups is 1. The number of nitrogens with one attached hydrogen (secondary N) is 1. The molecule has 7 heteroatoms. The van der Waals surface area contributed by atoms with Gasteiger partial charge in [0.25, 0.3) is 5.91 Å². The van der Waals surface area contributed by atoms with E-state index in [2.05, 4.69) is 10.4 Å². The number of carbonyl (C=O) groups excluding carboxylic acids is 1. The summed E-state index contributed by atoms with van der Waals surface area (Å²) in [5.74, 6) is 1.30. The minimum absolute atomic E-state index is 0.0853. The van der Waals surface area contributed by atoms with Crippen molar-refractivity contribution in [2.45, 2.75) is 12.5 Å². The topological polar surface area (TPSA) is 72.1 Å². The Morgan fingerprint density at radius 3 is 2.62 bits per heavy atom. The Balaban J connectivity index is 1.95. The van der Waals surface area contributed by atoms with Crippen molar-refractivity contribution in [3.05, 3.63) is 66.6 Å². The Hall–Kier alpha value is -2.51. The van der Waals surface area contributed by atoms with E-state index in [-0.39, 0.29) is 18.6 Å². The highest BCUT2D eigenvalue weighted by atomic mass is 32.2. The molecular formula is C19H22N4O2S. The lowest BCUT2D eigenvalue weighted by atomic mass is 10.2. The molecule has 1 atom stereocenters. The van der Waals surface area contributed by atoms with Crippen molar-refractivity contribution in [1.82, 2.24) is 19.7 Å². The largest absolute Gasteiger partial charge is 0.394 e. The number of amides is 1. The molecule has 0 saturated heterocycles. The van der Waals surface area contributed by atoms with Crippen LogP contribution in [0, 0.1) is 0 Å². The van der Waals surface area contributed by atoms with Crippen LogP contribution in [0.4, 0.5) is 0 Å². The third-order valence-corrected chi connectivity index (χ3v) is 4.71. The second kappa shape index (κ2) is 8.73. The van der Waals surface area contributed by atoms with E-state index in [0.29, 0.717) is 11.4 Å². The quantitative estimate of drug-likeness (QED) is 0.639. The molecule has 1 amide bonds. The maximum atomic E-state index is 12.8. The van der Waals surface area contributed by atoms with Gasteiger partial charge in [-0.05, 0) is 42.7 Å². The Morgan fingerprint density at radius 2 is 1.96 bits per heavy atom. The van der Waals surface area contributed by atoms with E-state index in [1.165, 1.54) is 0 Å². The zero-order chi connectivity index (χ0) is 18.4. The van der Waals surface area contributed by atoms with Crippen molar-refractivity contribution in [1.29, 1.82) is 0 Å². The summed E-state index contributed by atoms with van der Waals surface area (Å²) in [4.78, 5) is 12.8. The fraction of sp³-hybridized carbons (Fsp3) is 0.263. The maximum Gasteiger partial charge on any atom is 0.257 e. The summed E-state index contributed by atoms with van der Waals surface area (Å²) in [6, 6.07) is 13.2. The van der Waals surface area contributed by atoms with Gasteiger partial charge in [-0.15, -0.1) is 0 Å². The number of para-hydroxylation sites is 1. The van der Waals surface area contributed by atoms with Gasteiger partial charge in [0.2, 0.25) is 0 Å². The summed E-state index contributed by atoms with van der Waals surface area (Å²) in [7, 11) is 0. The lowest BCUT2D eigenvalue weighted by Gasteiger charge is -2.16. The predicted octanol–water partition coefficient (Wildman–Crippen LogP) is 2.51. The molecule has 3 rings (SSSR count). The Morgan fingerprint density at radius 1 is 1.23 bits per heavy atom. The van der Waals surface area contributed by atoms with Gasteiger partial charge in [0.05, 0.1) is 24.5 Å². The van der Waals surface area contributed by atoms with E-state index in [0.717, 1.165) is 17.9 Å². The van der Waals surface area contributed by atoms with Gasteiger partial charge in [0, 0.05) is 12.4 Å². The average molecular weight is 370 g/mol. The number of hydrogen-bond acceptors (Lipinski definition) is 4. The third kappa shape index (κ3) is 4.00. The first-order valence-corrected chi connectivity index (χ1v) is 9.81. The van der Waals surface area contributed by atoms with Crippen LogP contribution in [0.1, 0.15) is 16.8 Å². The van der Waals surface area contributed by atoms with Crippen LogP contribution < -0.4 is 5.32 Å². The molecule has 1 aromatic carbocycles. The summed E-state index contributed by atoms with van der Waals surface area (Å²) >= 11 is 1.69. The van der Waals surface area contributed by atoms with Crippen molar-refractivity contribution < 1.29 is 9.90 Å². The number of hydrogen-bond donors (Lipinski definition) is 2. The summed E-state index contributed by atoms with van der Waals surface area (Å²) in [5, 5.41) is 16.9. The molecule has 0 aliphatic carbocycles. The van der Waals surface area contributed by atoms with Gasteiger partial charge >= 0.3 is 0 Å². The van der Waals surface area contributed by atoms with E-state index in [1.54, 1.807) is 22.6 Å². The fourth-order valence-electron chi connectivity index (χ4n) is 2.72. The minimum Gasteiger partial charge on any atom is -0.394 e. The first kappa shape index (κ1) is 18.3. The molecule has 26 heavy (non-hydrogen) atoms. The lowest BCUT2D eigenvalue weighted by molar-refractivity contribution is 0.0915. The van der Waals surface area contributed by atoms with Gasteiger partial charge < -0.3 is 15.0 Å². The summed E-state index contributed by atoms with van der Waals surface area (Å²) in [5.41, 5.74) is 1.34. The molecule has 6 nitrogen and oxygen atoms in total. The molecule has 0 bridgehead atoms. The van der Waals surface area contributed by atoms with Crippen LogP contribution in [0.3, 0.4) is 0 Å². The first-order chi connectivity index (χ1) is 12.7. The van der Waals surface area contributed by atoms with Gasteiger partial charge in [0.15, 0.2) is 5.82 Å². The molecule has 0 aliphatic heterocycles. The molecule has 2 heterocycles. The van der Waals surface area contributed by atoms with Crippen LogP contribution >= 0.6 is 11.8 Å². The lowest BCUT2D eigenvalue weighted by Crippen LogP contribution is -2.38. The minimum atomic E-state index is -0.271. The highest BCUT2D eigenvalue weighted by Crippen LogP contribution is 2.20. The number of rotatable bonds is 8. The van der Waals surface area contributed by atoms with Gasteiger partial charge in [0.1, 0.15) is 5.56 Å². The molecule has 136 valence electrons. The molecule has 0 unspecified atom stereocenters. The average Bonchev–Trinajstić information content (AvgIpc) is 3.34. The van der Waals surface area contributed by atoms with E-state index < -0.39 is 0 Å². The van der Waals surface area contributed by atoms with Crippen LogP contribution in [0.15, 0.2) is 61.1 Å². The zero-order valence-electron chi connectivity index (χ0n) is 14.6. The molecule has 0 saturated carbocycles. The van der Waals surface area contributed by atoms with Crippen LogP contribution in [0.25, 0.3) is 11.5 Å². The molecule has 0 spiro atoms. The van der Waals surface area contributed by atoms with Gasteiger partial charge in [-0.3, -0.25) is 4.79 Å². The summed E-state index contributed by atoms with van der Waals surface area (Å²) in [6.45, 7) is -0.0853. The van der Waals surface area contributed by atoms with Gasteiger partial charge in [-0.1, -0.05) is 18.2 Å². The first-order valence-electron chi connectivity index (χ1n) is 8.42. The van der Waals surface area contributed by atoms with Gasteiger partial charge in [-0.25, -0.2) is 4.68 Å². The number of aliphatic hydroxyl groups excluding tert-OH is 1. The molecule has 0 radical (unpaired) electrons. The number of benzene rings is 1. The monoisotopic (exact) mass is 370 g/mol. The van der Waals surface area contributed by atoms with Crippen molar-refractivity contribution in [2.75, 3.05) is 18.6 Å². The van der Waals surface area contributed by atoms with Crippen molar-refractivity contribution in [3.8, 4) is 11.5 Å². The Labute approximate surface area is 156 Å². The van der Waals surface area contributed by atoms with E-state index >= 15 is 0 Å². The molecule has 2 N–H and O–H groups in total. The predicted molar refractivity (Wildman–Crippen MR) is 104 cm³/mol. The van der Waals surface area contributed by atoms with Gasteiger partial charge in [-0.2, -0.15) is 16.9 Å². The zero-order valence-corrected chi connectivity index (χ0v) is 15.4. The SMILES string of the molecule is CSCC[C@@H](CO)NC(=O)c1cnn(-c2ccccc2)c1-n1cccc1. The summed E-state index contributed by atoms with van der Waals surface area (Å²) < 4.78 is 3.61. The molecule has 3 aromatic rings. The highest BCUT2D eigenvalue weighted by molar-refractivity contribution is 7.98. The van der Waals surface area contributed by atoms with Crippen LogP contribution in [-0.2, 0) is 0 Å². The normalized spacial score (nSPS) is 12.1. The maximum absolute atomic E-state index is 12.8. The number of aliphatic hydroxyl groups is 1. The molecule has 2 aromatic heterocycles. The Bertz CT molecular complexity index is 831. The van der Waals surface area contributed by atoms with E-state index in [1.807, 2.05) is 65.7 Å². The number of nitrogens with zero attached hydrogens (tertiary/aromatic N) is 3. The Kier molecular flexibility index (Phi) is 6.14. The molecular weight excluding hydrogens is 348 g/mol. The fourth-order valence-corrected chi connectivity index (χ4v) is 3.24. The third-order valence-electron chi connectivity index (χ3n) is 4.06. The van der Waals surface area contributed by atoms with Crippen LogP contribution in [0.2, 0.25) is 0 Å². The second-order valence-corrected chi connectivity index (χ2v) is 6.84. The highest BCUT2D eigenvalue weighted by Gasteiger charge is 2.21. The smallest absolute Gasteiger partial charge is 0.257 e. The van der Waals surface area contributed by atoms with Crippen molar-refractivity contribution in [3.63, 3.8) is 0 Å². The number of aromatic nitrogens is 3.